The van der Waals surface area contributed by atoms with E-state index in [1.165, 1.54) is 0 Å². The Morgan fingerprint density at radius 3 is 2.74 bits per heavy atom. The first kappa shape index (κ1) is 14.7. The van der Waals surface area contributed by atoms with E-state index in [9.17, 15) is 4.79 Å². The number of nitrogens with zero attached hydrogens (tertiary/aromatic N) is 3. The van der Waals surface area contributed by atoms with Gasteiger partial charge < -0.3 is 15.2 Å². The lowest BCUT2D eigenvalue weighted by Gasteiger charge is -2.06. The highest BCUT2D eigenvalue weighted by Gasteiger charge is 2.09. The molecule has 0 saturated heterocycles. The van der Waals surface area contributed by atoms with Crippen molar-refractivity contribution in [1.29, 1.82) is 0 Å². The minimum absolute atomic E-state index is 0.248. The normalized spacial score (nSPS) is 10.3. The fourth-order valence-electron chi connectivity index (χ4n) is 1.98. The highest BCUT2D eigenvalue weighted by atomic mass is 16.5. The largest absolute Gasteiger partial charge is 0.360 e. The van der Waals surface area contributed by atoms with Crippen molar-refractivity contribution in [2.24, 2.45) is 0 Å². The molecule has 0 atom stereocenters. The Morgan fingerprint density at radius 2 is 2.00 bits per heavy atom. The maximum Gasteiger partial charge on any atom is 0.270 e. The summed E-state index contributed by atoms with van der Waals surface area (Å²) >= 11 is 0. The molecular formula is C16H15N5O2. The van der Waals surface area contributed by atoms with Gasteiger partial charge >= 0.3 is 0 Å². The summed E-state index contributed by atoms with van der Waals surface area (Å²) in [6.45, 7) is 2.23. The van der Waals surface area contributed by atoms with E-state index < -0.39 is 0 Å². The predicted molar refractivity (Wildman–Crippen MR) is 84.2 cm³/mol. The molecule has 3 heterocycles. The summed E-state index contributed by atoms with van der Waals surface area (Å²) in [6.07, 6.45) is 4.94. The van der Waals surface area contributed by atoms with Crippen molar-refractivity contribution >= 4 is 17.4 Å². The smallest absolute Gasteiger partial charge is 0.270 e. The van der Waals surface area contributed by atoms with E-state index in [0.717, 1.165) is 5.56 Å². The van der Waals surface area contributed by atoms with E-state index in [4.69, 9.17) is 4.52 Å². The van der Waals surface area contributed by atoms with Crippen molar-refractivity contribution in [3.63, 3.8) is 0 Å². The van der Waals surface area contributed by atoms with Gasteiger partial charge in [0.1, 0.15) is 11.5 Å². The molecule has 3 rings (SSSR count). The number of pyridine rings is 2. The molecule has 7 nitrogen and oxygen atoms in total. The van der Waals surface area contributed by atoms with Gasteiger partial charge in [-0.1, -0.05) is 5.16 Å². The van der Waals surface area contributed by atoms with Gasteiger partial charge in [-0.25, -0.2) is 0 Å². The monoisotopic (exact) mass is 309 g/mol. The molecule has 23 heavy (non-hydrogen) atoms. The Bertz CT molecular complexity index is 801. The molecule has 3 aromatic heterocycles. The van der Waals surface area contributed by atoms with Gasteiger partial charge in [-0.3, -0.25) is 14.8 Å². The Kier molecular flexibility index (Phi) is 4.28. The lowest BCUT2D eigenvalue weighted by molar-refractivity contribution is 0.0946. The zero-order valence-corrected chi connectivity index (χ0v) is 12.5. The van der Waals surface area contributed by atoms with Gasteiger partial charge in [0.25, 0.3) is 5.91 Å². The first-order chi connectivity index (χ1) is 11.2. The molecule has 1 amide bonds. The maximum absolute atomic E-state index is 12.2. The van der Waals surface area contributed by atoms with E-state index in [0.29, 0.717) is 29.5 Å². The summed E-state index contributed by atoms with van der Waals surface area (Å²) in [7, 11) is 0. The fourth-order valence-corrected chi connectivity index (χ4v) is 1.98. The third-order valence-corrected chi connectivity index (χ3v) is 3.10. The van der Waals surface area contributed by atoms with Crippen LogP contribution in [-0.2, 0) is 6.54 Å². The van der Waals surface area contributed by atoms with Crippen molar-refractivity contribution in [3.8, 4) is 0 Å². The van der Waals surface area contributed by atoms with Crippen LogP contribution in [0.1, 0.15) is 21.8 Å². The van der Waals surface area contributed by atoms with Crippen LogP contribution in [0.25, 0.3) is 0 Å². The minimum atomic E-state index is -0.248. The van der Waals surface area contributed by atoms with Crippen LogP contribution in [0, 0.1) is 6.92 Å². The zero-order valence-electron chi connectivity index (χ0n) is 12.5. The summed E-state index contributed by atoms with van der Waals surface area (Å²) in [6, 6.07) is 8.87. The average molecular weight is 309 g/mol. The zero-order chi connectivity index (χ0) is 16.1. The van der Waals surface area contributed by atoms with Crippen LogP contribution < -0.4 is 10.6 Å². The average Bonchev–Trinajstić information content (AvgIpc) is 2.99. The number of carbonyl (C=O) groups excluding carboxylic acids is 1. The third kappa shape index (κ3) is 3.91. The molecule has 0 fully saturated rings. The number of hydrogen-bond donors (Lipinski definition) is 2. The molecule has 0 aliphatic heterocycles. The molecule has 0 aliphatic rings. The molecule has 0 unspecified atom stereocenters. The van der Waals surface area contributed by atoms with E-state index >= 15 is 0 Å². The molecule has 0 bridgehead atoms. The SMILES string of the molecule is Cc1cc(Nc2ccnc(C(=O)NCc3ccncc3)c2)no1. The topological polar surface area (TPSA) is 92.9 Å². The summed E-state index contributed by atoms with van der Waals surface area (Å²) in [5, 5.41) is 9.73. The summed E-state index contributed by atoms with van der Waals surface area (Å²) in [4.78, 5) is 20.2. The summed E-state index contributed by atoms with van der Waals surface area (Å²) in [5.74, 6) is 1.04. The van der Waals surface area contributed by atoms with Crippen LogP contribution in [0.5, 0.6) is 0 Å². The van der Waals surface area contributed by atoms with Crippen LogP contribution in [0.2, 0.25) is 0 Å². The van der Waals surface area contributed by atoms with E-state index in [1.54, 1.807) is 36.8 Å². The molecule has 2 N–H and O–H groups in total. The van der Waals surface area contributed by atoms with Crippen LogP contribution in [0.4, 0.5) is 11.5 Å². The first-order valence-corrected chi connectivity index (χ1v) is 7.04. The summed E-state index contributed by atoms with van der Waals surface area (Å²) in [5.41, 5.74) is 2.01. The first-order valence-electron chi connectivity index (χ1n) is 7.04. The molecule has 0 saturated carbocycles. The van der Waals surface area contributed by atoms with Crippen molar-refractivity contribution in [2.75, 3.05) is 5.32 Å². The Balaban J connectivity index is 1.65. The maximum atomic E-state index is 12.2. The van der Waals surface area contributed by atoms with E-state index in [1.807, 2.05) is 19.1 Å². The second-order valence-electron chi connectivity index (χ2n) is 4.92. The van der Waals surface area contributed by atoms with Crippen molar-refractivity contribution in [1.82, 2.24) is 20.4 Å². The summed E-state index contributed by atoms with van der Waals surface area (Å²) < 4.78 is 4.99. The number of amides is 1. The van der Waals surface area contributed by atoms with Gasteiger partial charge in [-0.2, -0.15) is 0 Å². The van der Waals surface area contributed by atoms with Crippen LogP contribution in [0.15, 0.2) is 53.4 Å². The minimum Gasteiger partial charge on any atom is -0.360 e. The second kappa shape index (κ2) is 6.69. The van der Waals surface area contributed by atoms with Crippen molar-refractivity contribution < 1.29 is 9.32 Å². The van der Waals surface area contributed by atoms with Crippen LogP contribution in [-0.4, -0.2) is 21.0 Å². The van der Waals surface area contributed by atoms with Crippen LogP contribution in [0.3, 0.4) is 0 Å². The number of aromatic nitrogens is 3. The Labute approximate surface area is 132 Å². The van der Waals surface area contributed by atoms with Crippen molar-refractivity contribution in [3.05, 3.63) is 65.9 Å². The van der Waals surface area contributed by atoms with Gasteiger partial charge in [0.2, 0.25) is 0 Å². The van der Waals surface area contributed by atoms with Gasteiger partial charge in [0.05, 0.1) is 0 Å². The van der Waals surface area contributed by atoms with Crippen molar-refractivity contribution in [2.45, 2.75) is 13.5 Å². The molecule has 0 aliphatic carbocycles. The molecule has 7 heteroatoms. The number of anilines is 2. The van der Waals surface area contributed by atoms with Gasteiger partial charge in [-0.05, 0) is 36.8 Å². The van der Waals surface area contributed by atoms with Gasteiger partial charge in [0, 0.05) is 36.9 Å². The lowest BCUT2D eigenvalue weighted by atomic mass is 10.2. The van der Waals surface area contributed by atoms with Crippen LogP contribution >= 0.6 is 0 Å². The molecular weight excluding hydrogens is 294 g/mol. The molecule has 0 radical (unpaired) electrons. The molecule has 116 valence electrons. The number of nitrogens with one attached hydrogen (secondary N) is 2. The lowest BCUT2D eigenvalue weighted by Crippen LogP contribution is -2.23. The second-order valence-corrected chi connectivity index (χ2v) is 4.92. The molecule has 0 aromatic carbocycles. The Morgan fingerprint density at radius 1 is 1.17 bits per heavy atom. The number of hydrogen-bond acceptors (Lipinski definition) is 6. The standard InChI is InChI=1S/C16H15N5O2/c1-11-8-15(21-23-11)20-13-4-7-18-14(9-13)16(22)19-10-12-2-5-17-6-3-12/h2-9H,10H2,1H3,(H,19,22)(H,18,20,21). The molecule has 0 spiro atoms. The fraction of sp³-hybridized carbons (Fsp3) is 0.125. The Hall–Kier alpha value is -3.22. The van der Waals surface area contributed by atoms with E-state index in [2.05, 4.69) is 25.8 Å². The van der Waals surface area contributed by atoms with E-state index in [-0.39, 0.29) is 5.91 Å². The highest BCUT2D eigenvalue weighted by molar-refractivity contribution is 5.93. The quantitative estimate of drug-likeness (QED) is 0.752. The number of aryl methyl sites for hydroxylation is 1. The van der Waals surface area contributed by atoms with Gasteiger partial charge in [-0.15, -0.1) is 0 Å². The predicted octanol–water partition coefficient (Wildman–Crippen LogP) is 2.45. The molecule has 3 aromatic rings. The third-order valence-electron chi connectivity index (χ3n) is 3.10. The van der Waals surface area contributed by atoms with Gasteiger partial charge in [0.15, 0.2) is 5.82 Å². The highest BCUT2D eigenvalue weighted by Crippen LogP contribution is 2.16. The number of rotatable bonds is 5. The number of carbonyl (C=O) groups is 1.